The van der Waals surface area contributed by atoms with E-state index in [9.17, 15) is 5.11 Å². The van der Waals surface area contributed by atoms with Gasteiger partial charge in [0.05, 0.1) is 6.20 Å². The summed E-state index contributed by atoms with van der Waals surface area (Å²) in [4.78, 5) is 1.70. The maximum Gasteiger partial charge on any atom is 0.162 e. The van der Waals surface area contributed by atoms with Gasteiger partial charge < -0.3 is 14.7 Å². The summed E-state index contributed by atoms with van der Waals surface area (Å²) in [5, 5.41) is 18.4. The number of aromatic nitrogens is 2. The molecule has 5 heteroatoms. The predicted octanol–water partition coefficient (Wildman–Crippen LogP) is 1.83. The summed E-state index contributed by atoms with van der Waals surface area (Å²) < 4.78 is 5.28. The normalized spacial score (nSPS) is 23.7. The SMILES string of the molecule is COC1C(C)=CN(c2cc(C(C)(C)C)cnn2)C1O. The Kier molecular flexibility index (Phi) is 3.60. The maximum absolute atomic E-state index is 10.2. The lowest BCUT2D eigenvalue weighted by Crippen LogP contribution is -2.37. The van der Waals surface area contributed by atoms with E-state index < -0.39 is 6.23 Å². The largest absolute Gasteiger partial charge is 0.372 e. The van der Waals surface area contributed by atoms with Crippen LogP contribution >= 0.6 is 0 Å². The number of ether oxygens (including phenoxy) is 1. The average molecular weight is 263 g/mol. The van der Waals surface area contributed by atoms with E-state index in [-0.39, 0.29) is 11.5 Å². The molecule has 1 aliphatic rings. The topological polar surface area (TPSA) is 58.5 Å². The first kappa shape index (κ1) is 14.0. The molecule has 1 N–H and O–H groups in total. The lowest BCUT2D eigenvalue weighted by molar-refractivity contribution is 0.0230. The molecule has 2 atom stereocenters. The zero-order chi connectivity index (χ0) is 14.2. The summed E-state index contributed by atoms with van der Waals surface area (Å²) in [5.74, 6) is 0.638. The Hall–Kier alpha value is -1.46. The van der Waals surface area contributed by atoms with Gasteiger partial charge in [-0.15, -0.1) is 5.10 Å². The number of anilines is 1. The van der Waals surface area contributed by atoms with Gasteiger partial charge >= 0.3 is 0 Å². The van der Waals surface area contributed by atoms with Crippen molar-refractivity contribution in [3.63, 3.8) is 0 Å². The van der Waals surface area contributed by atoms with Crippen LogP contribution in [0.4, 0.5) is 5.82 Å². The van der Waals surface area contributed by atoms with Crippen LogP contribution in [0.3, 0.4) is 0 Å². The number of nitrogens with zero attached hydrogens (tertiary/aromatic N) is 3. The van der Waals surface area contributed by atoms with E-state index in [1.807, 2.05) is 19.2 Å². The third-order valence-corrected chi connectivity index (χ3v) is 3.37. The molecule has 5 nitrogen and oxygen atoms in total. The van der Waals surface area contributed by atoms with Crippen molar-refractivity contribution >= 4 is 5.82 Å². The van der Waals surface area contributed by atoms with Gasteiger partial charge in [0.15, 0.2) is 12.0 Å². The Morgan fingerprint density at radius 1 is 1.37 bits per heavy atom. The number of aliphatic hydroxyl groups is 1. The summed E-state index contributed by atoms with van der Waals surface area (Å²) in [6.07, 6.45) is 2.54. The van der Waals surface area contributed by atoms with E-state index in [0.717, 1.165) is 11.1 Å². The zero-order valence-corrected chi connectivity index (χ0v) is 12.1. The molecule has 1 aromatic heterocycles. The molecule has 1 aliphatic heterocycles. The van der Waals surface area contributed by atoms with Crippen LogP contribution in [0.15, 0.2) is 24.0 Å². The Labute approximate surface area is 113 Å². The van der Waals surface area contributed by atoms with Crippen molar-refractivity contribution in [1.29, 1.82) is 0 Å². The fraction of sp³-hybridized carbons (Fsp3) is 0.571. The predicted molar refractivity (Wildman–Crippen MR) is 73.8 cm³/mol. The highest BCUT2D eigenvalue weighted by Crippen LogP contribution is 2.29. The lowest BCUT2D eigenvalue weighted by Gasteiger charge is -2.25. The van der Waals surface area contributed by atoms with Crippen LogP contribution in [0.5, 0.6) is 0 Å². The van der Waals surface area contributed by atoms with Crippen LogP contribution in [0.1, 0.15) is 33.3 Å². The smallest absolute Gasteiger partial charge is 0.162 e. The molecule has 2 rings (SSSR count). The standard InChI is InChI=1S/C14H21N3O2/c1-9-8-17(13(18)12(9)19-5)11-6-10(7-15-16-11)14(2,3)4/h6-8,12-13,18H,1-5H3. The Bertz CT molecular complexity index is 494. The van der Waals surface area contributed by atoms with Crippen molar-refractivity contribution in [3.05, 3.63) is 29.6 Å². The molecule has 0 radical (unpaired) electrons. The van der Waals surface area contributed by atoms with Gasteiger partial charge in [-0.2, -0.15) is 5.10 Å². The number of hydrogen-bond acceptors (Lipinski definition) is 5. The second-order valence-electron chi connectivity index (χ2n) is 5.90. The lowest BCUT2D eigenvalue weighted by atomic mass is 9.88. The van der Waals surface area contributed by atoms with Gasteiger partial charge in [0.1, 0.15) is 6.10 Å². The van der Waals surface area contributed by atoms with Gasteiger partial charge in [-0.3, -0.25) is 0 Å². The Morgan fingerprint density at radius 2 is 2.05 bits per heavy atom. The summed E-state index contributed by atoms with van der Waals surface area (Å²) in [6, 6.07) is 1.96. The fourth-order valence-corrected chi connectivity index (χ4v) is 2.15. The molecule has 19 heavy (non-hydrogen) atoms. The molecule has 2 heterocycles. The van der Waals surface area contributed by atoms with Crippen LogP contribution in [0.2, 0.25) is 0 Å². The van der Waals surface area contributed by atoms with E-state index in [4.69, 9.17) is 4.74 Å². The van der Waals surface area contributed by atoms with E-state index in [1.54, 1.807) is 18.2 Å². The van der Waals surface area contributed by atoms with Crippen molar-refractivity contribution in [3.8, 4) is 0 Å². The molecular weight excluding hydrogens is 242 g/mol. The highest BCUT2D eigenvalue weighted by molar-refractivity contribution is 5.49. The van der Waals surface area contributed by atoms with Gasteiger partial charge in [0, 0.05) is 13.3 Å². The molecular formula is C14H21N3O2. The highest BCUT2D eigenvalue weighted by atomic mass is 16.5. The highest BCUT2D eigenvalue weighted by Gasteiger charge is 2.33. The van der Waals surface area contributed by atoms with Crippen molar-refractivity contribution in [2.24, 2.45) is 0 Å². The number of rotatable bonds is 2. The Morgan fingerprint density at radius 3 is 2.58 bits per heavy atom. The number of methoxy groups -OCH3 is 1. The summed E-state index contributed by atoms with van der Waals surface area (Å²) in [5.41, 5.74) is 2.05. The van der Waals surface area contributed by atoms with Gasteiger partial charge in [-0.1, -0.05) is 20.8 Å². The van der Waals surface area contributed by atoms with Gasteiger partial charge in [0.25, 0.3) is 0 Å². The molecule has 0 aromatic carbocycles. The van der Waals surface area contributed by atoms with Crippen molar-refractivity contribution in [1.82, 2.24) is 10.2 Å². The van der Waals surface area contributed by atoms with E-state index in [1.165, 1.54) is 0 Å². The second-order valence-corrected chi connectivity index (χ2v) is 5.90. The van der Waals surface area contributed by atoms with Crippen molar-refractivity contribution in [2.45, 2.75) is 45.4 Å². The van der Waals surface area contributed by atoms with Gasteiger partial charge in [-0.25, -0.2) is 0 Å². The molecule has 104 valence electrons. The van der Waals surface area contributed by atoms with E-state index in [2.05, 4.69) is 31.0 Å². The van der Waals surface area contributed by atoms with Crippen molar-refractivity contribution < 1.29 is 9.84 Å². The quantitative estimate of drug-likeness (QED) is 0.882. The third kappa shape index (κ3) is 2.62. The zero-order valence-electron chi connectivity index (χ0n) is 12.1. The minimum absolute atomic E-state index is 0.00518. The first-order chi connectivity index (χ1) is 8.84. The summed E-state index contributed by atoms with van der Waals surface area (Å²) >= 11 is 0. The fourth-order valence-electron chi connectivity index (χ4n) is 2.15. The van der Waals surface area contributed by atoms with E-state index in [0.29, 0.717) is 5.82 Å². The number of aliphatic hydroxyl groups excluding tert-OH is 1. The molecule has 0 spiro atoms. The monoisotopic (exact) mass is 263 g/mol. The van der Waals surface area contributed by atoms with Crippen LogP contribution in [-0.4, -0.2) is 34.7 Å². The number of hydrogen-bond donors (Lipinski definition) is 1. The minimum Gasteiger partial charge on any atom is -0.372 e. The van der Waals surface area contributed by atoms with Crippen LogP contribution in [0, 0.1) is 0 Å². The Balaban J connectivity index is 2.34. The molecule has 0 saturated carbocycles. The molecule has 0 fully saturated rings. The molecule has 2 unspecified atom stereocenters. The molecule has 0 bridgehead atoms. The van der Waals surface area contributed by atoms with Crippen LogP contribution in [0.25, 0.3) is 0 Å². The maximum atomic E-state index is 10.2. The first-order valence-corrected chi connectivity index (χ1v) is 6.35. The third-order valence-electron chi connectivity index (χ3n) is 3.37. The van der Waals surface area contributed by atoms with Gasteiger partial charge in [-0.05, 0) is 29.5 Å². The molecule has 0 aliphatic carbocycles. The van der Waals surface area contributed by atoms with Gasteiger partial charge in [0.2, 0.25) is 0 Å². The first-order valence-electron chi connectivity index (χ1n) is 6.35. The van der Waals surface area contributed by atoms with Crippen LogP contribution < -0.4 is 4.90 Å². The van der Waals surface area contributed by atoms with Crippen molar-refractivity contribution in [2.75, 3.05) is 12.0 Å². The average Bonchev–Trinajstić information content (AvgIpc) is 2.63. The summed E-state index contributed by atoms with van der Waals surface area (Å²) in [6.45, 7) is 8.28. The second kappa shape index (κ2) is 4.90. The van der Waals surface area contributed by atoms with Crippen LogP contribution in [-0.2, 0) is 10.2 Å². The molecule has 0 amide bonds. The summed E-state index contributed by atoms with van der Waals surface area (Å²) in [7, 11) is 1.59. The minimum atomic E-state index is -0.755. The molecule has 1 aromatic rings. The van der Waals surface area contributed by atoms with E-state index >= 15 is 0 Å². The molecule has 0 saturated heterocycles.